The van der Waals surface area contributed by atoms with Gasteiger partial charge in [-0.15, -0.1) is 11.3 Å². The summed E-state index contributed by atoms with van der Waals surface area (Å²) in [5.41, 5.74) is 0.434. The zero-order chi connectivity index (χ0) is 13.2. The van der Waals surface area contributed by atoms with Crippen molar-refractivity contribution in [1.29, 1.82) is 0 Å². The lowest BCUT2D eigenvalue weighted by molar-refractivity contribution is -0.150. The highest BCUT2D eigenvalue weighted by Gasteiger charge is 2.42. The van der Waals surface area contributed by atoms with E-state index in [9.17, 15) is 9.90 Å². The summed E-state index contributed by atoms with van der Waals surface area (Å²) >= 11 is 1.61. The summed E-state index contributed by atoms with van der Waals surface area (Å²) in [6.07, 6.45) is 3.39. The highest BCUT2D eigenvalue weighted by atomic mass is 32.1. The predicted molar refractivity (Wildman–Crippen MR) is 73.3 cm³/mol. The summed E-state index contributed by atoms with van der Waals surface area (Å²) in [5, 5.41) is 12.5. The average Bonchev–Trinajstić information content (AvgIpc) is 2.76. The Bertz CT molecular complexity index is 428. The van der Waals surface area contributed by atoms with E-state index in [-0.39, 0.29) is 0 Å². The maximum absolute atomic E-state index is 11.6. The first kappa shape index (κ1) is 13.3. The summed E-state index contributed by atoms with van der Waals surface area (Å²) < 4.78 is 0. The number of carbonyl (C=O) groups is 1. The third-order valence-corrected chi connectivity index (χ3v) is 4.66. The minimum absolute atomic E-state index is 0.577. The van der Waals surface area contributed by atoms with Crippen LogP contribution in [0.5, 0.6) is 0 Å². The van der Waals surface area contributed by atoms with Crippen LogP contribution in [-0.2, 0) is 4.79 Å². The monoisotopic (exact) mass is 268 g/mol. The van der Waals surface area contributed by atoms with Crippen LogP contribution in [0.3, 0.4) is 0 Å². The minimum Gasteiger partial charge on any atom is -0.481 e. The normalized spacial score (nSPS) is 24.2. The molecule has 1 N–H and O–H groups in total. The Morgan fingerprint density at radius 2 is 2.44 bits per heavy atom. The Balaban J connectivity index is 2.18. The molecule has 18 heavy (non-hydrogen) atoms. The van der Waals surface area contributed by atoms with Gasteiger partial charge >= 0.3 is 5.97 Å². The van der Waals surface area contributed by atoms with Gasteiger partial charge in [0.15, 0.2) is 5.13 Å². The number of piperidine rings is 1. The van der Waals surface area contributed by atoms with Gasteiger partial charge in [-0.25, -0.2) is 4.98 Å². The summed E-state index contributed by atoms with van der Waals surface area (Å²) in [6.45, 7) is 5.55. The standard InChI is InChI=1S/C13H20N2O2S/c1-3-5-13(11(16)17)6-4-7-15(9-13)12-14-10(2)8-18-12/h8H,3-7,9H2,1-2H3,(H,16,17). The molecule has 1 aromatic rings. The van der Waals surface area contributed by atoms with Gasteiger partial charge in [0, 0.05) is 18.5 Å². The number of aryl methyl sites for hydroxylation is 1. The molecule has 1 aromatic heterocycles. The highest BCUT2D eigenvalue weighted by Crippen LogP contribution is 2.37. The predicted octanol–water partition coefficient (Wildman–Crippen LogP) is 2.92. The van der Waals surface area contributed by atoms with Crippen LogP contribution in [0.4, 0.5) is 5.13 Å². The van der Waals surface area contributed by atoms with Crippen LogP contribution in [0, 0.1) is 12.3 Å². The van der Waals surface area contributed by atoms with Crippen molar-refractivity contribution in [3.05, 3.63) is 11.1 Å². The van der Waals surface area contributed by atoms with Gasteiger partial charge in [-0.05, 0) is 26.2 Å². The fraction of sp³-hybridized carbons (Fsp3) is 0.692. The number of carboxylic acids is 1. The number of aliphatic carboxylic acids is 1. The van der Waals surface area contributed by atoms with Crippen molar-refractivity contribution in [2.45, 2.75) is 39.5 Å². The third kappa shape index (κ3) is 2.51. The minimum atomic E-state index is -0.651. The maximum Gasteiger partial charge on any atom is 0.311 e. The number of aromatic nitrogens is 1. The number of rotatable bonds is 4. The van der Waals surface area contributed by atoms with Crippen molar-refractivity contribution in [3.8, 4) is 0 Å². The largest absolute Gasteiger partial charge is 0.481 e. The van der Waals surface area contributed by atoms with E-state index in [2.05, 4.69) is 16.8 Å². The van der Waals surface area contributed by atoms with Gasteiger partial charge in [0.2, 0.25) is 0 Å². The van der Waals surface area contributed by atoms with Crippen LogP contribution in [0.1, 0.15) is 38.3 Å². The number of hydrogen-bond acceptors (Lipinski definition) is 4. The van der Waals surface area contributed by atoms with Gasteiger partial charge in [-0.2, -0.15) is 0 Å². The second kappa shape index (κ2) is 5.26. The van der Waals surface area contributed by atoms with E-state index < -0.39 is 11.4 Å². The van der Waals surface area contributed by atoms with E-state index in [1.807, 2.05) is 12.3 Å². The maximum atomic E-state index is 11.6. The molecule has 0 bridgehead atoms. The first-order valence-electron chi connectivity index (χ1n) is 6.48. The van der Waals surface area contributed by atoms with Crippen LogP contribution in [0.2, 0.25) is 0 Å². The Hall–Kier alpha value is -1.10. The Kier molecular flexibility index (Phi) is 3.90. The number of anilines is 1. The van der Waals surface area contributed by atoms with Crippen molar-refractivity contribution in [2.24, 2.45) is 5.41 Å². The summed E-state index contributed by atoms with van der Waals surface area (Å²) in [4.78, 5) is 18.2. The lowest BCUT2D eigenvalue weighted by Gasteiger charge is -2.39. The Labute approximate surface area is 112 Å². The SMILES string of the molecule is CCCC1(C(=O)O)CCCN(c2nc(C)cs2)C1. The summed E-state index contributed by atoms with van der Waals surface area (Å²) in [5.74, 6) is -0.651. The molecular formula is C13H20N2O2S. The number of carboxylic acid groups (broad SMARTS) is 1. The molecule has 5 heteroatoms. The molecule has 1 fully saturated rings. The van der Waals surface area contributed by atoms with E-state index in [4.69, 9.17) is 0 Å². The number of nitrogens with zero attached hydrogens (tertiary/aromatic N) is 2. The highest BCUT2D eigenvalue weighted by molar-refractivity contribution is 7.13. The molecule has 1 aliphatic rings. The average molecular weight is 268 g/mol. The molecule has 100 valence electrons. The smallest absolute Gasteiger partial charge is 0.311 e. The lowest BCUT2D eigenvalue weighted by Crippen LogP contribution is -2.48. The molecule has 0 aliphatic carbocycles. The summed E-state index contributed by atoms with van der Waals surface area (Å²) in [6, 6.07) is 0. The van der Waals surface area contributed by atoms with Gasteiger partial charge in [-0.3, -0.25) is 4.79 Å². The van der Waals surface area contributed by atoms with Crippen LogP contribution in [0.15, 0.2) is 5.38 Å². The molecule has 1 unspecified atom stereocenters. The zero-order valence-corrected chi connectivity index (χ0v) is 11.8. The third-order valence-electron chi connectivity index (χ3n) is 3.64. The lowest BCUT2D eigenvalue weighted by atomic mass is 9.76. The van der Waals surface area contributed by atoms with Gasteiger partial charge < -0.3 is 10.0 Å². The number of hydrogen-bond donors (Lipinski definition) is 1. The van der Waals surface area contributed by atoms with E-state index >= 15 is 0 Å². The molecule has 1 saturated heterocycles. The molecule has 0 saturated carbocycles. The van der Waals surface area contributed by atoms with E-state index in [0.717, 1.165) is 43.1 Å². The van der Waals surface area contributed by atoms with Crippen LogP contribution >= 0.6 is 11.3 Å². The van der Waals surface area contributed by atoms with Crippen molar-refractivity contribution < 1.29 is 9.90 Å². The first-order chi connectivity index (χ1) is 8.57. The zero-order valence-electron chi connectivity index (χ0n) is 11.0. The molecule has 2 heterocycles. The van der Waals surface area contributed by atoms with Crippen molar-refractivity contribution >= 4 is 22.4 Å². The molecule has 0 spiro atoms. The first-order valence-corrected chi connectivity index (χ1v) is 7.36. The molecule has 4 nitrogen and oxygen atoms in total. The second-order valence-electron chi connectivity index (χ2n) is 5.13. The van der Waals surface area contributed by atoms with Gasteiger partial charge in [-0.1, -0.05) is 13.3 Å². The molecule has 1 atom stereocenters. The van der Waals surface area contributed by atoms with E-state index in [0.29, 0.717) is 6.54 Å². The molecule has 0 amide bonds. The number of thiazole rings is 1. The second-order valence-corrected chi connectivity index (χ2v) is 5.97. The van der Waals surface area contributed by atoms with Crippen LogP contribution in [0.25, 0.3) is 0 Å². The molecule has 0 radical (unpaired) electrons. The summed E-state index contributed by atoms with van der Waals surface area (Å²) in [7, 11) is 0. The van der Waals surface area contributed by atoms with E-state index in [1.54, 1.807) is 11.3 Å². The van der Waals surface area contributed by atoms with Crippen LogP contribution < -0.4 is 4.90 Å². The Morgan fingerprint density at radius 1 is 1.67 bits per heavy atom. The quantitative estimate of drug-likeness (QED) is 0.912. The van der Waals surface area contributed by atoms with Crippen molar-refractivity contribution in [2.75, 3.05) is 18.0 Å². The Morgan fingerprint density at radius 3 is 3.00 bits per heavy atom. The van der Waals surface area contributed by atoms with Crippen molar-refractivity contribution in [1.82, 2.24) is 4.98 Å². The molecule has 1 aliphatic heterocycles. The molecule has 2 rings (SSSR count). The van der Waals surface area contributed by atoms with E-state index in [1.165, 1.54) is 0 Å². The van der Waals surface area contributed by atoms with Gasteiger partial charge in [0.1, 0.15) is 0 Å². The fourth-order valence-corrected chi connectivity index (χ4v) is 3.58. The van der Waals surface area contributed by atoms with Crippen LogP contribution in [-0.4, -0.2) is 29.1 Å². The topological polar surface area (TPSA) is 53.4 Å². The van der Waals surface area contributed by atoms with Gasteiger partial charge in [0.25, 0.3) is 0 Å². The fourth-order valence-electron chi connectivity index (χ4n) is 2.75. The van der Waals surface area contributed by atoms with Gasteiger partial charge in [0.05, 0.1) is 11.1 Å². The molecular weight excluding hydrogens is 248 g/mol. The molecule has 0 aromatic carbocycles. The van der Waals surface area contributed by atoms with Crippen molar-refractivity contribution in [3.63, 3.8) is 0 Å².